The van der Waals surface area contributed by atoms with E-state index in [1.165, 1.54) is 29.4 Å². The molecule has 4 aromatic rings. The Bertz CT molecular complexity index is 1290. The van der Waals surface area contributed by atoms with Crippen LogP contribution in [0.2, 0.25) is 0 Å². The van der Waals surface area contributed by atoms with Crippen molar-refractivity contribution in [1.82, 2.24) is 19.7 Å². The summed E-state index contributed by atoms with van der Waals surface area (Å²) in [6.07, 6.45) is 2.70. The fraction of sp³-hybridized carbons (Fsp3) is 0.280. The zero-order valence-electron chi connectivity index (χ0n) is 18.9. The largest absolute Gasteiger partial charge is 0.370 e. The minimum absolute atomic E-state index is 0.111. The Morgan fingerprint density at radius 3 is 2.73 bits per heavy atom. The Hall–Kier alpha value is -3.52. The molecule has 3 aromatic heterocycles. The number of carbonyl (C=O) groups excluding carboxylic acids is 1. The fourth-order valence-electron chi connectivity index (χ4n) is 4.36. The van der Waals surface area contributed by atoms with Gasteiger partial charge in [-0.3, -0.25) is 9.48 Å². The number of thiazole rings is 1. The van der Waals surface area contributed by atoms with E-state index in [4.69, 9.17) is 10.1 Å². The lowest BCUT2D eigenvalue weighted by Gasteiger charge is -2.20. The smallest absolute Gasteiger partial charge is 0.223 e. The third kappa shape index (κ3) is 4.14. The Morgan fingerprint density at radius 2 is 2.03 bits per heavy atom. The Labute approximate surface area is 196 Å². The van der Waals surface area contributed by atoms with Gasteiger partial charge in [0.1, 0.15) is 5.82 Å². The molecule has 0 saturated carbocycles. The van der Waals surface area contributed by atoms with Crippen molar-refractivity contribution in [3.63, 3.8) is 0 Å². The highest BCUT2D eigenvalue weighted by Gasteiger charge is 2.33. The van der Waals surface area contributed by atoms with Gasteiger partial charge in [-0.15, -0.1) is 0 Å². The van der Waals surface area contributed by atoms with E-state index in [0.29, 0.717) is 11.7 Å². The van der Waals surface area contributed by atoms with E-state index in [-0.39, 0.29) is 11.8 Å². The molecule has 1 aromatic carbocycles. The van der Waals surface area contributed by atoms with Gasteiger partial charge in [-0.1, -0.05) is 48.6 Å². The molecule has 7 nitrogen and oxygen atoms in total. The van der Waals surface area contributed by atoms with Gasteiger partial charge in [0.25, 0.3) is 0 Å². The number of nitrogens with one attached hydrogen (secondary N) is 2. The number of pyridine rings is 1. The molecule has 1 aliphatic rings. The van der Waals surface area contributed by atoms with Crippen molar-refractivity contribution in [3.8, 4) is 21.8 Å². The second-order valence-electron chi connectivity index (χ2n) is 8.30. The van der Waals surface area contributed by atoms with E-state index >= 15 is 0 Å². The van der Waals surface area contributed by atoms with Gasteiger partial charge in [0.05, 0.1) is 28.5 Å². The molecule has 3 heterocycles. The van der Waals surface area contributed by atoms with Gasteiger partial charge in [0, 0.05) is 30.8 Å². The summed E-state index contributed by atoms with van der Waals surface area (Å²) in [4.78, 5) is 22.0. The first-order valence-electron chi connectivity index (χ1n) is 11.2. The molecular formula is C25H26N6OS. The SMILES string of the molecule is CCNc1ccc(-c2nn(Cc3ccccc3)c3c2C(C)Cc2nc(NC(C)=O)sc2-3)cn1. The number of aromatic nitrogens is 4. The van der Waals surface area contributed by atoms with Crippen LogP contribution in [0.3, 0.4) is 0 Å². The second-order valence-corrected chi connectivity index (χ2v) is 9.30. The molecule has 0 saturated heterocycles. The molecule has 33 heavy (non-hydrogen) atoms. The topological polar surface area (TPSA) is 84.7 Å². The van der Waals surface area contributed by atoms with Crippen molar-refractivity contribution in [3.05, 3.63) is 65.5 Å². The van der Waals surface area contributed by atoms with Crippen LogP contribution in [0.1, 0.15) is 43.5 Å². The normalized spacial score (nSPS) is 14.5. The summed E-state index contributed by atoms with van der Waals surface area (Å²) in [5, 5.41) is 11.8. The van der Waals surface area contributed by atoms with Crippen molar-refractivity contribution in [1.29, 1.82) is 0 Å². The minimum atomic E-state index is -0.111. The molecular weight excluding hydrogens is 432 g/mol. The van der Waals surface area contributed by atoms with Gasteiger partial charge in [0.15, 0.2) is 5.13 Å². The lowest BCUT2D eigenvalue weighted by atomic mass is 9.86. The Morgan fingerprint density at radius 1 is 1.21 bits per heavy atom. The van der Waals surface area contributed by atoms with Gasteiger partial charge >= 0.3 is 0 Å². The van der Waals surface area contributed by atoms with Crippen LogP contribution in [-0.2, 0) is 17.8 Å². The molecule has 0 spiro atoms. The third-order valence-electron chi connectivity index (χ3n) is 5.75. The molecule has 1 amide bonds. The van der Waals surface area contributed by atoms with E-state index in [1.807, 2.05) is 30.5 Å². The zero-order valence-corrected chi connectivity index (χ0v) is 19.7. The number of benzene rings is 1. The van der Waals surface area contributed by atoms with E-state index in [0.717, 1.165) is 46.3 Å². The van der Waals surface area contributed by atoms with Crippen LogP contribution < -0.4 is 10.6 Å². The highest BCUT2D eigenvalue weighted by Crippen LogP contribution is 2.47. The summed E-state index contributed by atoms with van der Waals surface area (Å²) in [7, 11) is 0. The molecule has 2 N–H and O–H groups in total. The number of hydrogen-bond donors (Lipinski definition) is 2. The van der Waals surface area contributed by atoms with E-state index in [1.54, 1.807) is 0 Å². The first kappa shape index (κ1) is 21.3. The number of anilines is 2. The van der Waals surface area contributed by atoms with E-state index < -0.39 is 0 Å². The average Bonchev–Trinajstić information content (AvgIpc) is 3.36. The summed E-state index contributed by atoms with van der Waals surface area (Å²) in [6, 6.07) is 14.4. The summed E-state index contributed by atoms with van der Waals surface area (Å²) in [5.41, 5.74) is 6.47. The monoisotopic (exact) mass is 458 g/mol. The van der Waals surface area contributed by atoms with Crippen LogP contribution in [0, 0.1) is 0 Å². The lowest BCUT2D eigenvalue weighted by molar-refractivity contribution is -0.114. The molecule has 168 valence electrons. The second kappa shape index (κ2) is 8.78. The predicted molar refractivity (Wildman–Crippen MR) is 133 cm³/mol. The molecule has 1 aliphatic carbocycles. The van der Waals surface area contributed by atoms with Crippen molar-refractivity contribution >= 4 is 28.2 Å². The van der Waals surface area contributed by atoms with Gasteiger partial charge in [0.2, 0.25) is 5.91 Å². The van der Waals surface area contributed by atoms with Crippen LogP contribution in [0.25, 0.3) is 21.8 Å². The summed E-state index contributed by atoms with van der Waals surface area (Å²) < 4.78 is 2.09. The number of amides is 1. The van der Waals surface area contributed by atoms with Crippen LogP contribution in [0.4, 0.5) is 10.9 Å². The number of hydrogen-bond acceptors (Lipinski definition) is 6. The minimum Gasteiger partial charge on any atom is -0.370 e. The van der Waals surface area contributed by atoms with Crippen molar-refractivity contribution in [2.24, 2.45) is 0 Å². The van der Waals surface area contributed by atoms with Crippen LogP contribution in [0.15, 0.2) is 48.7 Å². The lowest BCUT2D eigenvalue weighted by Crippen LogP contribution is -2.11. The third-order valence-corrected chi connectivity index (χ3v) is 6.77. The quantitative estimate of drug-likeness (QED) is 0.417. The molecule has 1 atom stereocenters. The molecule has 0 fully saturated rings. The highest BCUT2D eigenvalue weighted by molar-refractivity contribution is 7.19. The van der Waals surface area contributed by atoms with E-state index in [2.05, 4.69) is 52.3 Å². The maximum Gasteiger partial charge on any atom is 0.223 e. The summed E-state index contributed by atoms with van der Waals surface area (Å²) >= 11 is 1.52. The van der Waals surface area contributed by atoms with Crippen LogP contribution >= 0.6 is 11.3 Å². The maximum absolute atomic E-state index is 11.6. The first-order chi connectivity index (χ1) is 16.0. The predicted octanol–water partition coefficient (Wildman–Crippen LogP) is 5.17. The number of carbonyl (C=O) groups is 1. The molecule has 5 rings (SSSR count). The molecule has 8 heteroatoms. The Balaban J connectivity index is 1.66. The maximum atomic E-state index is 11.6. The van der Waals surface area contributed by atoms with Crippen LogP contribution in [0.5, 0.6) is 0 Å². The molecule has 0 radical (unpaired) electrons. The van der Waals surface area contributed by atoms with Gasteiger partial charge in [-0.25, -0.2) is 9.97 Å². The van der Waals surface area contributed by atoms with Crippen molar-refractivity contribution < 1.29 is 4.79 Å². The molecule has 1 unspecified atom stereocenters. The number of nitrogens with zero attached hydrogens (tertiary/aromatic N) is 4. The van der Waals surface area contributed by atoms with Gasteiger partial charge in [-0.2, -0.15) is 5.10 Å². The molecule has 0 aliphatic heterocycles. The Kier molecular flexibility index (Phi) is 5.68. The highest BCUT2D eigenvalue weighted by atomic mass is 32.1. The summed E-state index contributed by atoms with van der Waals surface area (Å²) in [5.74, 6) is 0.990. The first-order valence-corrected chi connectivity index (χ1v) is 12.0. The fourth-order valence-corrected chi connectivity index (χ4v) is 5.46. The standard InChI is InChI=1S/C25H26N6OS/c1-4-26-20-11-10-18(13-27-20)22-21-15(2)12-19-24(33-25(29-19)28-16(3)32)23(21)31(30-22)14-17-8-6-5-7-9-17/h5-11,13,15H,4,12,14H2,1-3H3,(H,26,27)(H,28,29,32). The average molecular weight is 459 g/mol. The zero-order chi connectivity index (χ0) is 22.9. The van der Waals surface area contributed by atoms with Crippen LogP contribution in [-0.4, -0.2) is 32.2 Å². The van der Waals surface area contributed by atoms with Gasteiger partial charge in [-0.05, 0) is 37.0 Å². The summed E-state index contributed by atoms with van der Waals surface area (Å²) in [6.45, 7) is 7.27. The van der Waals surface area contributed by atoms with Gasteiger partial charge < -0.3 is 10.6 Å². The number of fused-ring (bicyclic) bond motifs is 3. The molecule has 0 bridgehead atoms. The van der Waals surface area contributed by atoms with E-state index in [9.17, 15) is 4.79 Å². The van der Waals surface area contributed by atoms with Crippen molar-refractivity contribution in [2.75, 3.05) is 17.2 Å². The van der Waals surface area contributed by atoms with Crippen molar-refractivity contribution in [2.45, 2.75) is 39.7 Å². The number of rotatable bonds is 6.